The molecule has 62 valence electrons. The Labute approximate surface area is 67.3 Å². The third-order valence-corrected chi connectivity index (χ3v) is 2.51. The topological polar surface area (TPSA) is 36.4 Å². The standard InChI is InChI=1S/C8H15N3/c1-2-9-5-7-6-10-3-4-11-8(1)7/h4,7-10H,1-3,5-6H2/t7-,8?/m1/s1. The molecular formula is C8H15N3. The lowest BCUT2D eigenvalue weighted by molar-refractivity contribution is 0.326. The fraction of sp³-hybridized carbons (Fsp3) is 0.875. The molecule has 3 nitrogen and oxygen atoms in total. The van der Waals surface area contributed by atoms with E-state index in [9.17, 15) is 0 Å². The first-order valence-corrected chi connectivity index (χ1v) is 4.40. The van der Waals surface area contributed by atoms with Crippen LogP contribution in [0.3, 0.4) is 0 Å². The van der Waals surface area contributed by atoms with Gasteiger partial charge in [0.05, 0.1) is 6.04 Å². The van der Waals surface area contributed by atoms with Gasteiger partial charge in [0, 0.05) is 31.8 Å². The van der Waals surface area contributed by atoms with Gasteiger partial charge in [-0.2, -0.15) is 0 Å². The molecule has 2 heterocycles. The van der Waals surface area contributed by atoms with E-state index in [4.69, 9.17) is 0 Å². The van der Waals surface area contributed by atoms with Gasteiger partial charge in [0.1, 0.15) is 0 Å². The van der Waals surface area contributed by atoms with Gasteiger partial charge < -0.3 is 10.6 Å². The first kappa shape index (κ1) is 7.25. The van der Waals surface area contributed by atoms with E-state index in [0.717, 1.165) is 32.1 Å². The number of nitrogens with one attached hydrogen (secondary N) is 2. The van der Waals surface area contributed by atoms with E-state index in [1.807, 2.05) is 6.21 Å². The zero-order chi connectivity index (χ0) is 7.52. The summed E-state index contributed by atoms with van der Waals surface area (Å²) in [5.74, 6) is 0.725. The Hall–Kier alpha value is -0.410. The van der Waals surface area contributed by atoms with Crippen LogP contribution in [0.15, 0.2) is 4.99 Å². The van der Waals surface area contributed by atoms with Gasteiger partial charge in [-0.05, 0) is 13.0 Å². The molecule has 0 aromatic heterocycles. The fourth-order valence-corrected chi connectivity index (χ4v) is 1.83. The maximum absolute atomic E-state index is 4.52. The SMILES string of the molecule is C1=NC2CCNC[C@@H]2CNC1. The normalized spacial score (nSPS) is 37.8. The highest BCUT2D eigenvalue weighted by Crippen LogP contribution is 2.14. The van der Waals surface area contributed by atoms with E-state index in [2.05, 4.69) is 15.6 Å². The first-order valence-electron chi connectivity index (χ1n) is 4.40. The average molecular weight is 153 g/mol. The van der Waals surface area contributed by atoms with Crippen molar-refractivity contribution in [1.82, 2.24) is 10.6 Å². The summed E-state index contributed by atoms with van der Waals surface area (Å²) in [7, 11) is 0. The quantitative estimate of drug-likeness (QED) is 0.498. The smallest absolute Gasteiger partial charge is 0.0560 e. The zero-order valence-corrected chi connectivity index (χ0v) is 6.71. The minimum absolute atomic E-state index is 0.589. The van der Waals surface area contributed by atoms with Crippen LogP contribution in [-0.4, -0.2) is 38.4 Å². The Morgan fingerprint density at radius 3 is 3.18 bits per heavy atom. The second-order valence-electron chi connectivity index (χ2n) is 3.31. The van der Waals surface area contributed by atoms with E-state index in [0.29, 0.717) is 6.04 Å². The first-order chi connectivity index (χ1) is 5.47. The van der Waals surface area contributed by atoms with Crippen LogP contribution in [0.4, 0.5) is 0 Å². The van der Waals surface area contributed by atoms with Crippen molar-refractivity contribution in [1.29, 1.82) is 0 Å². The van der Waals surface area contributed by atoms with Gasteiger partial charge in [-0.3, -0.25) is 4.99 Å². The molecule has 0 bridgehead atoms. The van der Waals surface area contributed by atoms with Crippen molar-refractivity contribution in [2.75, 3.05) is 26.2 Å². The molecule has 0 aromatic rings. The van der Waals surface area contributed by atoms with Gasteiger partial charge in [0.25, 0.3) is 0 Å². The van der Waals surface area contributed by atoms with Crippen molar-refractivity contribution >= 4 is 6.21 Å². The van der Waals surface area contributed by atoms with E-state index in [1.165, 1.54) is 6.42 Å². The molecule has 0 spiro atoms. The Morgan fingerprint density at radius 2 is 2.18 bits per heavy atom. The van der Waals surface area contributed by atoms with Crippen LogP contribution >= 0.6 is 0 Å². The van der Waals surface area contributed by atoms with E-state index in [1.54, 1.807) is 0 Å². The molecule has 0 saturated carbocycles. The van der Waals surface area contributed by atoms with Gasteiger partial charge in [0.2, 0.25) is 0 Å². The molecule has 2 N–H and O–H groups in total. The monoisotopic (exact) mass is 153 g/mol. The predicted octanol–water partition coefficient (Wildman–Crippen LogP) is -0.361. The maximum atomic E-state index is 4.52. The summed E-state index contributed by atoms with van der Waals surface area (Å²) in [6.07, 6.45) is 3.23. The van der Waals surface area contributed by atoms with Crippen molar-refractivity contribution in [3.8, 4) is 0 Å². The molecule has 0 radical (unpaired) electrons. The fourth-order valence-electron chi connectivity index (χ4n) is 1.83. The van der Waals surface area contributed by atoms with Gasteiger partial charge >= 0.3 is 0 Å². The number of nitrogens with zero attached hydrogens (tertiary/aromatic N) is 1. The number of hydrogen-bond acceptors (Lipinski definition) is 3. The Balaban J connectivity index is 2.02. The van der Waals surface area contributed by atoms with Gasteiger partial charge in [-0.1, -0.05) is 0 Å². The highest BCUT2D eigenvalue weighted by Gasteiger charge is 2.24. The summed E-state index contributed by atoms with van der Waals surface area (Å²) in [4.78, 5) is 4.52. The maximum Gasteiger partial charge on any atom is 0.0560 e. The second-order valence-corrected chi connectivity index (χ2v) is 3.31. The van der Waals surface area contributed by atoms with E-state index in [-0.39, 0.29) is 0 Å². The molecule has 2 aliphatic rings. The van der Waals surface area contributed by atoms with Gasteiger partial charge in [-0.15, -0.1) is 0 Å². The number of aliphatic imine (C=N–C) groups is 1. The van der Waals surface area contributed by atoms with Crippen molar-refractivity contribution in [2.45, 2.75) is 12.5 Å². The molecule has 2 rings (SSSR count). The van der Waals surface area contributed by atoms with Crippen LogP contribution in [0.25, 0.3) is 0 Å². The zero-order valence-electron chi connectivity index (χ0n) is 6.71. The molecule has 11 heavy (non-hydrogen) atoms. The lowest BCUT2D eigenvalue weighted by Gasteiger charge is -2.27. The third-order valence-electron chi connectivity index (χ3n) is 2.51. The predicted molar refractivity (Wildman–Crippen MR) is 46.1 cm³/mol. The van der Waals surface area contributed by atoms with Gasteiger partial charge in [0.15, 0.2) is 0 Å². The van der Waals surface area contributed by atoms with Gasteiger partial charge in [-0.25, -0.2) is 0 Å². The van der Waals surface area contributed by atoms with Crippen LogP contribution in [0, 0.1) is 5.92 Å². The third kappa shape index (κ3) is 1.60. The molecule has 0 aromatic carbocycles. The molecule has 1 fully saturated rings. The summed E-state index contributed by atoms with van der Waals surface area (Å²) in [6.45, 7) is 4.35. The Kier molecular flexibility index (Phi) is 2.19. The molecule has 2 atom stereocenters. The average Bonchev–Trinajstić information content (AvgIpc) is 2.28. The van der Waals surface area contributed by atoms with Crippen LogP contribution in [-0.2, 0) is 0 Å². The van der Waals surface area contributed by atoms with Crippen molar-refractivity contribution in [3.63, 3.8) is 0 Å². The number of hydrogen-bond donors (Lipinski definition) is 2. The summed E-state index contributed by atoms with van der Waals surface area (Å²) in [6, 6.07) is 0.589. The van der Waals surface area contributed by atoms with Crippen LogP contribution in [0.5, 0.6) is 0 Å². The lowest BCUT2D eigenvalue weighted by atomic mass is 9.94. The van der Waals surface area contributed by atoms with Crippen LogP contribution in [0.1, 0.15) is 6.42 Å². The van der Waals surface area contributed by atoms with E-state index < -0.39 is 0 Å². The highest BCUT2D eigenvalue weighted by molar-refractivity contribution is 5.60. The van der Waals surface area contributed by atoms with E-state index >= 15 is 0 Å². The molecule has 0 amide bonds. The second kappa shape index (κ2) is 3.32. The van der Waals surface area contributed by atoms with Crippen LogP contribution < -0.4 is 10.6 Å². The number of fused-ring (bicyclic) bond motifs is 1. The number of rotatable bonds is 0. The molecule has 1 unspecified atom stereocenters. The molecule has 0 aliphatic carbocycles. The summed E-state index contributed by atoms with van der Waals surface area (Å²) in [5.41, 5.74) is 0. The Bertz CT molecular complexity index is 155. The summed E-state index contributed by atoms with van der Waals surface area (Å²) >= 11 is 0. The molecular weight excluding hydrogens is 138 g/mol. The highest BCUT2D eigenvalue weighted by atomic mass is 15.0. The molecule has 2 aliphatic heterocycles. The minimum atomic E-state index is 0.589. The largest absolute Gasteiger partial charge is 0.316 e. The summed E-state index contributed by atoms with van der Waals surface area (Å²) < 4.78 is 0. The van der Waals surface area contributed by atoms with Crippen LogP contribution in [0.2, 0.25) is 0 Å². The number of piperidine rings is 1. The Morgan fingerprint density at radius 1 is 1.27 bits per heavy atom. The van der Waals surface area contributed by atoms with Crippen molar-refractivity contribution in [3.05, 3.63) is 0 Å². The van der Waals surface area contributed by atoms with Crippen molar-refractivity contribution in [2.24, 2.45) is 10.9 Å². The molecule has 3 heteroatoms. The lowest BCUT2D eigenvalue weighted by Crippen LogP contribution is -2.42. The summed E-state index contributed by atoms with van der Waals surface area (Å²) in [5, 5.41) is 6.75. The molecule has 1 saturated heterocycles. The minimum Gasteiger partial charge on any atom is -0.316 e. The van der Waals surface area contributed by atoms with Crippen molar-refractivity contribution < 1.29 is 0 Å².